The van der Waals surface area contributed by atoms with Gasteiger partial charge in [-0.25, -0.2) is 0 Å². The Kier molecular flexibility index (Phi) is 2.18. The Morgan fingerprint density at radius 2 is 1.12 bits per heavy atom. The molecule has 0 saturated carbocycles. The minimum atomic E-state index is 0.770. The minimum absolute atomic E-state index is 0.770. The molecule has 0 N–H and O–H groups in total. The van der Waals surface area contributed by atoms with Crippen molar-refractivity contribution < 1.29 is 0 Å². The van der Waals surface area contributed by atoms with Crippen molar-refractivity contribution in [2.75, 3.05) is 0 Å². The molecule has 1 aromatic rings. The van der Waals surface area contributed by atoms with E-state index in [2.05, 4.69) is 39.8 Å². The van der Waals surface area contributed by atoms with Gasteiger partial charge in [-0.1, -0.05) is 39.8 Å². The Morgan fingerprint density at radius 1 is 0.750 bits per heavy atom. The van der Waals surface area contributed by atoms with Gasteiger partial charge in [0, 0.05) is 0 Å². The molecular weight excluding hydrogens is 192 g/mol. The molecule has 86 valence electrons. The van der Waals surface area contributed by atoms with Crippen molar-refractivity contribution in [3.05, 3.63) is 34.4 Å². The van der Waals surface area contributed by atoms with Crippen LogP contribution in [0, 0.1) is 11.8 Å². The van der Waals surface area contributed by atoms with Crippen LogP contribution in [0.4, 0.5) is 0 Å². The molecule has 2 aliphatic carbocycles. The summed E-state index contributed by atoms with van der Waals surface area (Å²) in [6.07, 6.45) is 2.64. The van der Waals surface area contributed by atoms with Gasteiger partial charge in [0.2, 0.25) is 0 Å². The maximum atomic E-state index is 2.41. The summed E-state index contributed by atoms with van der Waals surface area (Å²) in [5.41, 5.74) is 6.72. The average molecular weight is 214 g/mol. The van der Waals surface area contributed by atoms with E-state index in [4.69, 9.17) is 0 Å². The van der Waals surface area contributed by atoms with Gasteiger partial charge in [0.25, 0.3) is 0 Å². The second-order valence-electron chi connectivity index (χ2n) is 6.14. The lowest BCUT2D eigenvalue weighted by Gasteiger charge is -2.12. The fraction of sp³-hybridized carbons (Fsp3) is 0.625. The van der Waals surface area contributed by atoms with Crippen LogP contribution in [0.15, 0.2) is 12.1 Å². The smallest absolute Gasteiger partial charge is 0.0159 e. The average Bonchev–Trinajstić information content (AvgIpc) is 2.70. The number of hydrogen-bond donors (Lipinski definition) is 0. The van der Waals surface area contributed by atoms with Crippen LogP contribution in [-0.4, -0.2) is 0 Å². The van der Waals surface area contributed by atoms with E-state index >= 15 is 0 Å². The first-order chi connectivity index (χ1) is 7.59. The van der Waals surface area contributed by atoms with E-state index in [0.717, 1.165) is 23.7 Å². The summed E-state index contributed by atoms with van der Waals surface area (Å²) < 4.78 is 0. The standard InChI is InChI=1S/C16H22/c1-9-7-15-13(11(9)3)5-6-14-12(4)10(2)8-16(14)15/h5-6,9-12H,7-8H2,1-4H3/t9-,10+,11-,12+. The normalized spacial score (nSPS) is 36.2. The van der Waals surface area contributed by atoms with Gasteiger partial charge in [0.15, 0.2) is 0 Å². The summed E-state index contributed by atoms with van der Waals surface area (Å²) in [6.45, 7) is 9.59. The highest BCUT2D eigenvalue weighted by atomic mass is 14.4. The summed E-state index contributed by atoms with van der Waals surface area (Å²) >= 11 is 0. The Labute approximate surface area is 99.1 Å². The third-order valence-electron chi connectivity index (χ3n) is 5.24. The van der Waals surface area contributed by atoms with E-state index in [1.807, 2.05) is 0 Å². The fourth-order valence-electron chi connectivity index (χ4n) is 3.68. The van der Waals surface area contributed by atoms with Crippen molar-refractivity contribution in [3.8, 4) is 0 Å². The van der Waals surface area contributed by atoms with Crippen LogP contribution in [0.2, 0.25) is 0 Å². The van der Waals surface area contributed by atoms with Gasteiger partial charge in [-0.3, -0.25) is 0 Å². The second kappa shape index (κ2) is 3.35. The topological polar surface area (TPSA) is 0 Å². The second-order valence-corrected chi connectivity index (χ2v) is 6.14. The zero-order chi connectivity index (χ0) is 11.4. The number of benzene rings is 1. The highest BCUT2D eigenvalue weighted by molar-refractivity contribution is 5.49. The van der Waals surface area contributed by atoms with Gasteiger partial charge >= 0.3 is 0 Å². The van der Waals surface area contributed by atoms with Gasteiger partial charge < -0.3 is 0 Å². The van der Waals surface area contributed by atoms with Crippen LogP contribution in [0.1, 0.15) is 61.8 Å². The van der Waals surface area contributed by atoms with E-state index in [-0.39, 0.29) is 0 Å². The Morgan fingerprint density at radius 3 is 1.50 bits per heavy atom. The van der Waals surface area contributed by atoms with Gasteiger partial charge in [0.05, 0.1) is 0 Å². The maximum absolute atomic E-state index is 2.41. The first-order valence-corrected chi connectivity index (χ1v) is 6.74. The minimum Gasteiger partial charge on any atom is -0.0616 e. The van der Waals surface area contributed by atoms with E-state index in [1.54, 1.807) is 22.3 Å². The summed E-state index contributed by atoms with van der Waals surface area (Å²) in [7, 11) is 0. The van der Waals surface area contributed by atoms with Gasteiger partial charge in [0.1, 0.15) is 0 Å². The number of rotatable bonds is 0. The highest BCUT2D eigenvalue weighted by Gasteiger charge is 2.34. The van der Waals surface area contributed by atoms with Crippen LogP contribution in [0.3, 0.4) is 0 Å². The summed E-state index contributed by atoms with van der Waals surface area (Å²) in [6, 6.07) is 4.83. The molecule has 0 aliphatic heterocycles. The zero-order valence-electron chi connectivity index (χ0n) is 10.9. The fourth-order valence-corrected chi connectivity index (χ4v) is 3.68. The lowest BCUT2D eigenvalue weighted by molar-refractivity contribution is 0.524. The third kappa shape index (κ3) is 1.22. The van der Waals surface area contributed by atoms with Crippen LogP contribution in [-0.2, 0) is 12.8 Å². The molecule has 16 heavy (non-hydrogen) atoms. The van der Waals surface area contributed by atoms with E-state index in [1.165, 1.54) is 12.8 Å². The Hall–Kier alpha value is -0.780. The molecule has 2 aliphatic rings. The third-order valence-corrected chi connectivity index (χ3v) is 5.24. The lowest BCUT2D eigenvalue weighted by Crippen LogP contribution is -1.98. The quantitative estimate of drug-likeness (QED) is 0.604. The van der Waals surface area contributed by atoms with Crippen molar-refractivity contribution in [1.29, 1.82) is 0 Å². The molecule has 0 unspecified atom stereocenters. The van der Waals surface area contributed by atoms with E-state index in [0.29, 0.717) is 0 Å². The molecule has 0 amide bonds. The Bertz CT molecular complexity index is 389. The van der Waals surface area contributed by atoms with Crippen LogP contribution >= 0.6 is 0 Å². The Balaban J connectivity index is 2.14. The molecule has 0 spiro atoms. The molecule has 0 fully saturated rings. The van der Waals surface area contributed by atoms with Crippen LogP contribution in [0.5, 0.6) is 0 Å². The molecule has 0 nitrogen and oxygen atoms in total. The highest BCUT2D eigenvalue weighted by Crippen LogP contribution is 2.46. The molecule has 0 radical (unpaired) electrons. The molecule has 0 saturated heterocycles. The van der Waals surface area contributed by atoms with Crippen molar-refractivity contribution in [1.82, 2.24) is 0 Å². The van der Waals surface area contributed by atoms with Crippen molar-refractivity contribution in [3.63, 3.8) is 0 Å². The van der Waals surface area contributed by atoms with Gasteiger partial charge in [-0.15, -0.1) is 0 Å². The molecule has 4 atom stereocenters. The molecule has 0 aromatic heterocycles. The molecule has 3 rings (SSSR count). The summed E-state index contributed by atoms with van der Waals surface area (Å²) in [4.78, 5) is 0. The first-order valence-electron chi connectivity index (χ1n) is 6.74. The maximum Gasteiger partial charge on any atom is -0.0159 e. The van der Waals surface area contributed by atoms with Gasteiger partial charge in [-0.2, -0.15) is 0 Å². The predicted octanol–water partition coefficient (Wildman–Crippen LogP) is 4.28. The van der Waals surface area contributed by atoms with Crippen molar-refractivity contribution in [2.24, 2.45) is 11.8 Å². The van der Waals surface area contributed by atoms with Crippen LogP contribution < -0.4 is 0 Å². The molecule has 0 heteroatoms. The number of hydrogen-bond acceptors (Lipinski definition) is 0. The van der Waals surface area contributed by atoms with E-state index in [9.17, 15) is 0 Å². The summed E-state index contributed by atoms with van der Waals surface area (Å²) in [5, 5.41) is 0. The zero-order valence-corrected chi connectivity index (χ0v) is 10.9. The predicted molar refractivity (Wildman–Crippen MR) is 69.0 cm³/mol. The molecule has 0 heterocycles. The number of fused-ring (bicyclic) bond motifs is 3. The molecular formula is C16H22. The largest absolute Gasteiger partial charge is 0.0616 e. The summed E-state index contributed by atoms with van der Waals surface area (Å²) in [5.74, 6) is 3.22. The van der Waals surface area contributed by atoms with E-state index < -0.39 is 0 Å². The molecule has 1 aromatic carbocycles. The lowest BCUT2D eigenvalue weighted by atomic mass is 9.93. The van der Waals surface area contributed by atoms with Crippen LogP contribution in [0.25, 0.3) is 0 Å². The van der Waals surface area contributed by atoms with Gasteiger partial charge in [-0.05, 0) is 58.8 Å². The molecule has 0 bridgehead atoms. The van der Waals surface area contributed by atoms with Crippen molar-refractivity contribution >= 4 is 0 Å². The SMILES string of the molecule is C[C@@H]1Cc2c(ccc3c2C[C@H](C)[C@@H]3C)[C@@H]1C. The van der Waals surface area contributed by atoms with Crippen molar-refractivity contribution in [2.45, 2.75) is 52.4 Å². The monoisotopic (exact) mass is 214 g/mol. The first kappa shape index (κ1) is 10.4.